The summed E-state index contributed by atoms with van der Waals surface area (Å²) >= 11 is 0. The maximum absolute atomic E-state index is 10.8. The summed E-state index contributed by atoms with van der Waals surface area (Å²) in [5.41, 5.74) is 0. The van der Waals surface area contributed by atoms with Crippen LogP contribution in [0.1, 0.15) is 21.7 Å². The van der Waals surface area contributed by atoms with E-state index in [-0.39, 0.29) is 32.1 Å². The Bertz CT molecular complexity index is 174. The first-order valence-corrected chi connectivity index (χ1v) is 4.56. The summed E-state index contributed by atoms with van der Waals surface area (Å²) in [4.78, 5) is 13.0. The monoisotopic (exact) mass is 179 g/mol. The number of aliphatic carboxylic acids is 1. The summed E-state index contributed by atoms with van der Waals surface area (Å²) in [6.45, 7) is 6.83. The van der Waals surface area contributed by atoms with Crippen molar-refractivity contribution in [3.05, 3.63) is 0 Å². The van der Waals surface area contributed by atoms with Gasteiger partial charge in [0.05, 0.1) is 5.92 Å². The van der Waals surface area contributed by atoms with E-state index in [4.69, 9.17) is 5.11 Å². The molecule has 0 spiro atoms. The molecule has 0 radical (unpaired) electrons. The molecule has 1 aliphatic rings. The minimum atomic E-state index is -0.656. The second-order valence-electron chi connectivity index (χ2n) is 3.84. The molecule has 1 unspecified atom stereocenters. The molecule has 0 aromatic heterocycles. The second-order valence-corrected chi connectivity index (χ2v) is 3.84. The summed E-state index contributed by atoms with van der Waals surface area (Å²) in [6, 6.07) is 0. The van der Waals surface area contributed by atoms with Crippen molar-refractivity contribution in [1.29, 1.82) is 0 Å². The van der Waals surface area contributed by atoms with Crippen LogP contribution in [-0.4, -0.2) is 35.6 Å². The van der Waals surface area contributed by atoms with Crippen molar-refractivity contribution in [3.63, 3.8) is 0 Å². The summed E-state index contributed by atoms with van der Waals surface area (Å²) in [5, 5.41) is 8.89. The molecular weight excluding hydrogens is 161 g/mol. The standard InChI is InChI=1S/C9H17NO2.Li.H/c1-7(2)8(9(11)12)6-10-4-3-5-10;;/h7-8H,3-6H2,1-2H3,(H,11,12);;/q;+1;-1. The van der Waals surface area contributed by atoms with Gasteiger partial charge >= 0.3 is 24.8 Å². The Labute approximate surface area is 93.2 Å². The molecule has 1 aliphatic heterocycles. The van der Waals surface area contributed by atoms with Crippen molar-refractivity contribution >= 4 is 5.97 Å². The van der Waals surface area contributed by atoms with Crippen LogP contribution >= 0.6 is 0 Å². The molecule has 3 nitrogen and oxygen atoms in total. The van der Waals surface area contributed by atoms with Crippen LogP contribution in [0.4, 0.5) is 0 Å². The first kappa shape index (κ1) is 13.0. The zero-order chi connectivity index (χ0) is 9.14. The van der Waals surface area contributed by atoms with Gasteiger partial charge in [0.1, 0.15) is 0 Å². The van der Waals surface area contributed by atoms with Gasteiger partial charge in [0.2, 0.25) is 0 Å². The minimum absolute atomic E-state index is 0. The van der Waals surface area contributed by atoms with E-state index in [0.29, 0.717) is 0 Å². The third-order valence-electron chi connectivity index (χ3n) is 2.53. The van der Waals surface area contributed by atoms with Gasteiger partial charge < -0.3 is 11.4 Å². The van der Waals surface area contributed by atoms with Crippen molar-refractivity contribution in [2.45, 2.75) is 20.3 Å². The van der Waals surface area contributed by atoms with Gasteiger partial charge in [-0.1, -0.05) is 13.8 Å². The molecule has 0 saturated carbocycles. The molecule has 1 saturated heterocycles. The maximum atomic E-state index is 10.8. The fraction of sp³-hybridized carbons (Fsp3) is 0.889. The average Bonchev–Trinajstić information content (AvgIpc) is 1.82. The zero-order valence-electron chi connectivity index (χ0n) is 9.79. The Kier molecular flexibility index (Phi) is 5.71. The molecule has 13 heavy (non-hydrogen) atoms. The molecule has 0 aromatic carbocycles. The van der Waals surface area contributed by atoms with Crippen LogP contribution in [0.5, 0.6) is 0 Å². The van der Waals surface area contributed by atoms with Gasteiger partial charge in [-0.05, 0) is 25.4 Å². The molecule has 1 fully saturated rings. The topological polar surface area (TPSA) is 40.5 Å². The molecule has 1 N–H and O–H groups in total. The third kappa shape index (κ3) is 3.72. The summed E-state index contributed by atoms with van der Waals surface area (Å²) < 4.78 is 0. The number of carbonyl (C=O) groups is 1. The number of carboxylic acids is 1. The number of likely N-dealkylation sites (tertiary alicyclic amines) is 1. The van der Waals surface area contributed by atoms with Gasteiger partial charge in [0.15, 0.2) is 0 Å². The Morgan fingerprint density at radius 1 is 1.54 bits per heavy atom. The first-order valence-electron chi connectivity index (χ1n) is 4.56. The molecule has 4 heteroatoms. The van der Waals surface area contributed by atoms with Gasteiger partial charge in [-0.15, -0.1) is 0 Å². The Hall–Kier alpha value is 0.0274. The zero-order valence-corrected chi connectivity index (χ0v) is 8.79. The van der Waals surface area contributed by atoms with Crippen molar-refractivity contribution < 1.29 is 30.2 Å². The summed E-state index contributed by atoms with van der Waals surface area (Å²) in [6.07, 6.45) is 1.23. The molecular formula is C9H18LiNO2. The molecule has 72 valence electrons. The predicted octanol–water partition coefficient (Wildman–Crippen LogP) is -1.83. The maximum Gasteiger partial charge on any atom is 1.00 e. The van der Waals surface area contributed by atoms with E-state index in [1.165, 1.54) is 6.42 Å². The van der Waals surface area contributed by atoms with Crippen molar-refractivity contribution in [3.8, 4) is 0 Å². The minimum Gasteiger partial charge on any atom is -1.00 e. The molecule has 0 aromatic rings. The van der Waals surface area contributed by atoms with Gasteiger partial charge in [0.25, 0.3) is 0 Å². The van der Waals surface area contributed by atoms with Crippen molar-refractivity contribution in [1.82, 2.24) is 4.90 Å². The van der Waals surface area contributed by atoms with E-state index in [9.17, 15) is 4.79 Å². The van der Waals surface area contributed by atoms with E-state index in [0.717, 1.165) is 19.6 Å². The normalized spacial score (nSPS) is 19.0. The fourth-order valence-corrected chi connectivity index (χ4v) is 1.42. The van der Waals surface area contributed by atoms with Crippen LogP contribution in [0.25, 0.3) is 0 Å². The van der Waals surface area contributed by atoms with E-state index in [2.05, 4.69) is 4.90 Å². The van der Waals surface area contributed by atoms with E-state index in [1.807, 2.05) is 13.8 Å². The van der Waals surface area contributed by atoms with Gasteiger partial charge in [-0.2, -0.15) is 0 Å². The fourth-order valence-electron chi connectivity index (χ4n) is 1.42. The number of hydrogen-bond donors (Lipinski definition) is 1. The Morgan fingerprint density at radius 2 is 2.08 bits per heavy atom. The average molecular weight is 179 g/mol. The smallest absolute Gasteiger partial charge is 1.00 e. The van der Waals surface area contributed by atoms with Crippen LogP contribution in [0.3, 0.4) is 0 Å². The quantitative estimate of drug-likeness (QED) is 0.516. The van der Waals surface area contributed by atoms with Crippen LogP contribution < -0.4 is 18.9 Å². The van der Waals surface area contributed by atoms with Crippen LogP contribution in [0, 0.1) is 11.8 Å². The predicted molar refractivity (Wildman–Crippen MR) is 48.1 cm³/mol. The van der Waals surface area contributed by atoms with E-state index < -0.39 is 5.97 Å². The SMILES string of the molecule is CC(C)C(CN1CCC1)C(=O)O.[H-].[Li+]. The molecule has 0 amide bonds. The summed E-state index contributed by atoms with van der Waals surface area (Å²) in [7, 11) is 0. The van der Waals surface area contributed by atoms with Crippen molar-refractivity contribution in [2.75, 3.05) is 19.6 Å². The van der Waals surface area contributed by atoms with Crippen molar-refractivity contribution in [2.24, 2.45) is 11.8 Å². The first-order chi connectivity index (χ1) is 5.61. The number of rotatable bonds is 4. The van der Waals surface area contributed by atoms with Gasteiger partial charge in [-0.3, -0.25) is 4.79 Å². The van der Waals surface area contributed by atoms with E-state index in [1.54, 1.807) is 0 Å². The number of hydrogen-bond acceptors (Lipinski definition) is 2. The molecule has 1 atom stereocenters. The second kappa shape index (κ2) is 5.69. The number of carboxylic acid groups (broad SMARTS) is 1. The molecule has 1 heterocycles. The third-order valence-corrected chi connectivity index (χ3v) is 2.53. The van der Waals surface area contributed by atoms with Crippen LogP contribution in [0.2, 0.25) is 0 Å². The summed E-state index contributed by atoms with van der Waals surface area (Å²) in [5.74, 6) is -0.606. The van der Waals surface area contributed by atoms with E-state index >= 15 is 0 Å². The van der Waals surface area contributed by atoms with Gasteiger partial charge in [-0.25, -0.2) is 0 Å². The number of nitrogens with zero attached hydrogens (tertiary/aromatic N) is 1. The molecule has 0 aliphatic carbocycles. The Morgan fingerprint density at radius 3 is 2.31 bits per heavy atom. The van der Waals surface area contributed by atoms with Crippen LogP contribution in [-0.2, 0) is 4.79 Å². The largest absolute Gasteiger partial charge is 1.00 e. The molecule has 1 rings (SSSR count). The molecule has 0 bridgehead atoms. The van der Waals surface area contributed by atoms with Crippen LogP contribution in [0.15, 0.2) is 0 Å². The Balaban J connectivity index is 0. The van der Waals surface area contributed by atoms with Gasteiger partial charge in [0, 0.05) is 6.54 Å².